The number of likely N-dealkylation sites (tertiary alicyclic amines) is 1. The zero-order valence-electron chi connectivity index (χ0n) is 17.8. The summed E-state index contributed by atoms with van der Waals surface area (Å²) >= 11 is 0. The summed E-state index contributed by atoms with van der Waals surface area (Å²) in [6.45, 7) is 6.71. The van der Waals surface area contributed by atoms with E-state index in [1.54, 1.807) is 41.2 Å². The number of hydrogen-bond acceptors (Lipinski definition) is 6. The summed E-state index contributed by atoms with van der Waals surface area (Å²) in [5.41, 5.74) is 1.67. The van der Waals surface area contributed by atoms with E-state index < -0.39 is 6.09 Å². The van der Waals surface area contributed by atoms with Crippen LogP contribution >= 0.6 is 0 Å². The first kappa shape index (κ1) is 20.6. The molecule has 9 nitrogen and oxygen atoms in total. The van der Waals surface area contributed by atoms with Gasteiger partial charge in [-0.05, 0) is 36.5 Å². The lowest BCUT2D eigenvalue weighted by Crippen LogP contribution is -2.58. The Bertz CT molecular complexity index is 1160. The highest BCUT2D eigenvalue weighted by Gasteiger charge is 2.41. The molecule has 3 aromatic heterocycles. The van der Waals surface area contributed by atoms with Gasteiger partial charge in [0.1, 0.15) is 23.2 Å². The second-order valence-corrected chi connectivity index (χ2v) is 8.85. The molecule has 0 saturated carbocycles. The van der Waals surface area contributed by atoms with Crippen molar-refractivity contribution in [3.8, 4) is 17.6 Å². The Morgan fingerprint density at radius 2 is 2.10 bits per heavy atom. The van der Waals surface area contributed by atoms with E-state index in [9.17, 15) is 15.2 Å². The molecule has 31 heavy (non-hydrogen) atoms. The molecule has 2 N–H and O–H groups in total. The van der Waals surface area contributed by atoms with Crippen molar-refractivity contribution in [2.75, 3.05) is 11.9 Å². The molecule has 0 spiro atoms. The second-order valence-electron chi connectivity index (χ2n) is 8.85. The van der Waals surface area contributed by atoms with Gasteiger partial charge in [0.05, 0.1) is 17.8 Å². The summed E-state index contributed by atoms with van der Waals surface area (Å²) in [6, 6.07) is 7.15. The van der Waals surface area contributed by atoms with Crippen LogP contribution < -0.4 is 5.32 Å². The number of rotatable bonds is 3. The topological polar surface area (TPSA) is 119 Å². The first-order chi connectivity index (χ1) is 14.8. The molecule has 0 radical (unpaired) electrons. The van der Waals surface area contributed by atoms with Crippen molar-refractivity contribution in [2.45, 2.75) is 45.7 Å². The highest BCUT2D eigenvalue weighted by molar-refractivity contribution is 5.66. The fraction of sp³-hybridized carbons (Fsp3) is 0.409. The summed E-state index contributed by atoms with van der Waals surface area (Å²) in [7, 11) is 0. The minimum atomic E-state index is -0.895. The number of carboxylic acid groups (broad SMARTS) is 1. The Kier molecular flexibility index (Phi) is 5.23. The minimum Gasteiger partial charge on any atom is -0.465 e. The number of nitriles is 1. The van der Waals surface area contributed by atoms with Gasteiger partial charge in [-0.3, -0.25) is 4.40 Å². The smallest absolute Gasteiger partial charge is 0.407 e. The number of carbonyl (C=O) groups is 1. The van der Waals surface area contributed by atoms with Gasteiger partial charge in [-0.15, -0.1) is 0 Å². The molecule has 1 unspecified atom stereocenters. The van der Waals surface area contributed by atoms with Crippen molar-refractivity contribution in [3.05, 3.63) is 42.4 Å². The van der Waals surface area contributed by atoms with Crippen LogP contribution in [-0.4, -0.2) is 54.1 Å². The maximum Gasteiger partial charge on any atom is 0.407 e. The van der Waals surface area contributed by atoms with E-state index in [1.807, 2.05) is 0 Å². The summed E-state index contributed by atoms with van der Waals surface area (Å²) < 4.78 is 1.79. The molecule has 2 atom stereocenters. The van der Waals surface area contributed by atoms with Crippen molar-refractivity contribution in [1.29, 1.82) is 5.26 Å². The number of imidazole rings is 1. The van der Waals surface area contributed by atoms with Crippen LogP contribution in [0, 0.1) is 16.7 Å². The monoisotopic (exact) mass is 419 g/mol. The molecule has 160 valence electrons. The second kappa shape index (κ2) is 7.87. The number of nitrogens with zero attached hydrogens (tertiary/aromatic N) is 6. The number of nitrogens with one attached hydrogen (secondary N) is 1. The van der Waals surface area contributed by atoms with Gasteiger partial charge in [0, 0.05) is 25.0 Å². The summed E-state index contributed by atoms with van der Waals surface area (Å²) in [5, 5.41) is 22.4. The van der Waals surface area contributed by atoms with Gasteiger partial charge in [-0.2, -0.15) is 5.26 Å². The molecular weight excluding hydrogens is 394 g/mol. The van der Waals surface area contributed by atoms with Crippen molar-refractivity contribution < 1.29 is 9.90 Å². The van der Waals surface area contributed by atoms with E-state index in [0.29, 0.717) is 35.1 Å². The van der Waals surface area contributed by atoms with E-state index >= 15 is 0 Å². The van der Waals surface area contributed by atoms with Crippen LogP contribution in [0.5, 0.6) is 0 Å². The molecule has 1 aliphatic rings. The predicted octanol–water partition coefficient (Wildman–Crippen LogP) is 3.63. The maximum atomic E-state index is 11.8. The first-order valence-corrected chi connectivity index (χ1v) is 10.2. The van der Waals surface area contributed by atoms with Crippen LogP contribution in [0.1, 0.15) is 39.2 Å². The third kappa shape index (κ3) is 4.01. The fourth-order valence-electron chi connectivity index (χ4n) is 4.40. The highest BCUT2D eigenvalue weighted by atomic mass is 16.4. The lowest BCUT2D eigenvalue weighted by atomic mass is 9.77. The van der Waals surface area contributed by atoms with Crippen LogP contribution in [0.15, 0.2) is 36.8 Å². The highest BCUT2D eigenvalue weighted by Crippen LogP contribution is 2.34. The Morgan fingerprint density at radius 3 is 2.81 bits per heavy atom. The van der Waals surface area contributed by atoms with Gasteiger partial charge in [0.15, 0.2) is 5.82 Å². The zero-order valence-corrected chi connectivity index (χ0v) is 17.8. The lowest BCUT2D eigenvalue weighted by Gasteiger charge is -2.47. The van der Waals surface area contributed by atoms with Gasteiger partial charge < -0.3 is 15.3 Å². The number of fused-ring (bicyclic) bond motifs is 1. The van der Waals surface area contributed by atoms with Gasteiger partial charge in [-0.25, -0.2) is 19.7 Å². The average molecular weight is 419 g/mol. The van der Waals surface area contributed by atoms with Gasteiger partial charge >= 0.3 is 6.09 Å². The molecule has 4 rings (SSSR count). The molecule has 3 aromatic rings. The van der Waals surface area contributed by atoms with Crippen molar-refractivity contribution in [3.63, 3.8) is 0 Å². The largest absolute Gasteiger partial charge is 0.465 e. The van der Waals surface area contributed by atoms with Crippen LogP contribution in [0.2, 0.25) is 0 Å². The van der Waals surface area contributed by atoms with Crippen LogP contribution in [0.25, 0.3) is 17.2 Å². The normalized spacial score (nSPS) is 19.2. The van der Waals surface area contributed by atoms with Crippen molar-refractivity contribution in [2.24, 2.45) is 5.41 Å². The standard InChI is InChI=1S/C22H25N7O2/c1-22(2,3)19-15(5-4-10-28(19)21(30)31)26-17-8-9-24-20(27-17)16-12-25-18-7-6-14(11-23)13-29(16)18/h6-9,12-13,15,19H,4-5,10H2,1-3H3,(H,30,31)(H,24,26,27)/t15-,19?/m1/s1. The minimum absolute atomic E-state index is 0.0695. The van der Waals surface area contributed by atoms with Crippen molar-refractivity contribution in [1.82, 2.24) is 24.3 Å². The molecule has 0 aliphatic carbocycles. The molecular formula is C22H25N7O2. The molecule has 1 aliphatic heterocycles. The quantitative estimate of drug-likeness (QED) is 0.665. The van der Waals surface area contributed by atoms with Crippen LogP contribution in [0.3, 0.4) is 0 Å². The molecule has 0 bridgehead atoms. The number of hydrogen-bond donors (Lipinski definition) is 2. The number of aromatic nitrogens is 4. The molecule has 9 heteroatoms. The van der Waals surface area contributed by atoms with Crippen LogP contribution in [-0.2, 0) is 0 Å². The Labute approximate surface area is 180 Å². The summed E-state index contributed by atoms with van der Waals surface area (Å²) in [5.74, 6) is 1.11. The molecule has 1 fully saturated rings. The number of amides is 1. The predicted molar refractivity (Wildman–Crippen MR) is 116 cm³/mol. The van der Waals surface area contributed by atoms with E-state index in [-0.39, 0.29) is 17.5 Å². The van der Waals surface area contributed by atoms with Gasteiger partial charge in [0.25, 0.3) is 0 Å². The number of piperidine rings is 1. The Hall–Kier alpha value is -3.67. The fourth-order valence-corrected chi connectivity index (χ4v) is 4.40. The molecule has 1 saturated heterocycles. The number of pyridine rings is 1. The average Bonchev–Trinajstić information content (AvgIpc) is 3.16. The first-order valence-electron chi connectivity index (χ1n) is 10.2. The van der Waals surface area contributed by atoms with Crippen LogP contribution in [0.4, 0.5) is 10.6 Å². The molecule has 4 heterocycles. The molecule has 1 amide bonds. The van der Waals surface area contributed by atoms with Gasteiger partial charge in [-0.1, -0.05) is 20.8 Å². The van der Waals surface area contributed by atoms with E-state index in [2.05, 4.69) is 47.1 Å². The SMILES string of the molecule is CC(C)(C)C1[C@H](Nc2ccnc(-c3cnc4ccc(C#N)cn34)n2)CCCN1C(=O)O. The zero-order chi connectivity index (χ0) is 22.2. The third-order valence-electron chi connectivity index (χ3n) is 5.62. The molecule has 0 aromatic carbocycles. The maximum absolute atomic E-state index is 11.8. The van der Waals surface area contributed by atoms with Crippen molar-refractivity contribution >= 4 is 17.6 Å². The number of anilines is 1. The van der Waals surface area contributed by atoms with E-state index in [0.717, 1.165) is 12.8 Å². The third-order valence-corrected chi connectivity index (χ3v) is 5.62. The Balaban J connectivity index is 1.66. The Morgan fingerprint density at radius 1 is 1.29 bits per heavy atom. The van der Waals surface area contributed by atoms with E-state index in [1.165, 1.54) is 4.90 Å². The van der Waals surface area contributed by atoms with Gasteiger partial charge in [0.2, 0.25) is 0 Å². The lowest BCUT2D eigenvalue weighted by molar-refractivity contribution is 0.0518. The summed E-state index contributed by atoms with van der Waals surface area (Å²) in [6.07, 6.45) is 5.81. The summed E-state index contributed by atoms with van der Waals surface area (Å²) in [4.78, 5) is 26.8. The van der Waals surface area contributed by atoms with E-state index in [4.69, 9.17) is 0 Å².